The number of unbranched alkanes of at least 4 members (excludes halogenated alkanes) is 1. The van der Waals surface area contributed by atoms with Crippen molar-refractivity contribution in [3.63, 3.8) is 0 Å². The molecule has 1 aromatic rings. The van der Waals surface area contributed by atoms with Crippen LogP contribution in [0.2, 0.25) is 0 Å². The van der Waals surface area contributed by atoms with Crippen molar-refractivity contribution in [2.24, 2.45) is 0 Å². The van der Waals surface area contributed by atoms with Crippen LogP contribution in [0.4, 0.5) is 0 Å². The minimum absolute atomic E-state index is 0.150. The first-order valence-electron chi connectivity index (χ1n) is 7.31. The van der Waals surface area contributed by atoms with E-state index in [-0.39, 0.29) is 5.91 Å². The van der Waals surface area contributed by atoms with Gasteiger partial charge in [-0.25, -0.2) is 0 Å². The normalized spacial score (nSPS) is 17.7. The van der Waals surface area contributed by atoms with Gasteiger partial charge >= 0.3 is 0 Å². The van der Waals surface area contributed by atoms with E-state index in [9.17, 15) is 4.79 Å². The Morgan fingerprint density at radius 2 is 1.95 bits per heavy atom. The SMILES string of the molecule is CCCCNC(=O)C1(c2ccc(Br)cc2)CCOCC1. The van der Waals surface area contributed by atoms with Crippen molar-refractivity contribution in [3.05, 3.63) is 34.3 Å². The van der Waals surface area contributed by atoms with Gasteiger partial charge in [0.25, 0.3) is 0 Å². The van der Waals surface area contributed by atoms with Gasteiger partial charge in [0.05, 0.1) is 5.41 Å². The highest BCUT2D eigenvalue weighted by Gasteiger charge is 2.41. The van der Waals surface area contributed by atoms with Gasteiger partial charge < -0.3 is 10.1 Å². The molecule has 3 nitrogen and oxygen atoms in total. The number of carbonyl (C=O) groups is 1. The van der Waals surface area contributed by atoms with Crippen LogP contribution in [0.25, 0.3) is 0 Å². The summed E-state index contributed by atoms with van der Waals surface area (Å²) in [6.45, 7) is 4.19. The van der Waals surface area contributed by atoms with Crippen LogP contribution in [0.1, 0.15) is 38.2 Å². The van der Waals surface area contributed by atoms with Crippen LogP contribution < -0.4 is 5.32 Å². The quantitative estimate of drug-likeness (QED) is 0.834. The molecule has 110 valence electrons. The van der Waals surface area contributed by atoms with Gasteiger partial charge in [-0.2, -0.15) is 0 Å². The maximum Gasteiger partial charge on any atom is 0.230 e. The Bertz CT molecular complexity index is 438. The molecule has 0 aromatic heterocycles. The highest BCUT2D eigenvalue weighted by molar-refractivity contribution is 9.10. The van der Waals surface area contributed by atoms with E-state index in [4.69, 9.17) is 4.74 Å². The molecule has 0 unspecified atom stereocenters. The minimum Gasteiger partial charge on any atom is -0.381 e. The van der Waals surface area contributed by atoms with E-state index in [0.29, 0.717) is 13.2 Å². The molecule has 1 heterocycles. The average Bonchev–Trinajstić information content (AvgIpc) is 2.49. The van der Waals surface area contributed by atoms with Crippen LogP contribution in [-0.2, 0) is 14.9 Å². The van der Waals surface area contributed by atoms with Crippen molar-refractivity contribution < 1.29 is 9.53 Å². The molecule has 2 rings (SSSR count). The standard InChI is InChI=1S/C16H22BrNO2/c1-2-3-10-18-15(19)16(8-11-20-12-9-16)13-4-6-14(17)7-5-13/h4-7H,2-3,8-12H2,1H3,(H,18,19). The van der Waals surface area contributed by atoms with Crippen molar-refractivity contribution in [2.45, 2.75) is 38.0 Å². The van der Waals surface area contributed by atoms with E-state index in [1.165, 1.54) is 0 Å². The first kappa shape index (κ1) is 15.5. The fourth-order valence-corrected chi connectivity index (χ4v) is 2.95. The van der Waals surface area contributed by atoms with Gasteiger partial charge in [-0.15, -0.1) is 0 Å². The van der Waals surface area contributed by atoms with Gasteiger partial charge in [0.1, 0.15) is 0 Å². The van der Waals surface area contributed by atoms with Crippen molar-refractivity contribution in [2.75, 3.05) is 19.8 Å². The van der Waals surface area contributed by atoms with Gasteiger partial charge in [-0.1, -0.05) is 41.4 Å². The summed E-state index contributed by atoms with van der Waals surface area (Å²) in [7, 11) is 0. The highest BCUT2D eigenvalue weighted by atomic mass is 79.9. The van der Waals surface area contributed by atoms with E-state index >= 15 is 0 Å². The fraction of sp³-hybridized carbons (Fsp3) is 0.562. The summed E-state index contributed by atoms with van der Waals surface area (Å²) < 4.78 is 6.49. The summed E-state index contributed by atoms with van der Waals surface area (Å²) in [5, 5.41) is 3.10. The van der Waals surface area contributed by atoms with Crippen molar-refractivity contribution in [3.8, 4) is 0 Å². The first-order chi connectivity index (χ1) is 9.69. The Morgan fingerprint density at radius 3 is 2.55 bits per heavy atom. The molecule has 0 radical (unpaired) electrons. The molecule has 0 bridgehead atoms. The predicted octanol–water partition coefficient (Wildman–Crippen LogP) is 3.41. The number of benzene rings is 1. The van der Waals surface area contributed by atoms with Gasteiger partial charge in [0.15, 0.2) is 0 Å². The van der Waals surface area contributed by atoms with Crippen LogP contribution in [-0.4, -0.2) is 25.7 Å². The molecule has 1 aromatic carbocycles. The lowest BCUT2D eigenvalue weighted by atomic mass is 9.73. The third-order valence-corrected chi connectivity index (χ3v) is 4.52. The Kier molecular flexibility index (Phi) is 5.61. The molecule has 1 saturated heterocycles. The van der Waals surface area contributed by atoms with Gasteiger partial charge in [0, 0.05) is 24.2 Å². The number of nitrogens with one attached hydrogen (secondary N) is 1. The molecule has 1 aliphatic heterocycles. The molecule has 0 spiro atoms. The molecule has 1 aliphatic rings. The van der Waals surface area contributed by atoms with Crippen LogP contribution in [0, 0.1) is 0 Å². The third-order valence-electron chi connectivity index (χ3n) is 3.99. The summed E-state index contributed by atoms with van der Waals surface area (Å²) in [5.41, 5.74) is 0.671. The van der Waals surface area contributed by atoms with E-state index in [0.717, 1.165) is 42.3 Å². The fourth-order valence-electron chi connectivity index (χ4n) is 2.68. The Balaban J connectivity index is 2.20. The summed E-state index contributed by atoms with van der Waals surface area (Å²) >= 11 is 3.45. The number of ether oxygens (including phenoxy) is 1. The number of halogens is 1. The average molecular weight is 340 g/mol. The molecule has 0 saturated carbocycles. The first-order valence-corrected chi connectivity index (χ1v) is 8.10. The maximum absolute atomic E-state index is 12.7. The van der Waals surface area contributed by atoms with Crippen LogP contribution >= 0.6 is 15.9 Å². The lowest BCUT2D eigenvalue weighted by Crippen LogP contribution is -2.48. The lowest BCUT2D eigenvalue weighted by Gasteiger charge is -2.36. The molecule has 20 heavy (non-hydrogen) atoms. The number of carbonyl (C=O) groups excluding carboxylic acids is 1. The predicted molar refractivity (Wildman–Crippen MR) is 83.8 cm³/mol. The Labute approximate surface area is 129 Å². The minimum atomic E-state index is -0.424. The molecular formula is C16H22BrNO2. The maximum atomic E-state index is 12.7. The van der Waals surface area contributed by atoms with E-state index in [1.54, 1.807) is 0 Å². The Morgan fingerprint density at radius 1 is 1.30 bits per heavy atom. The van der Waals surface area contributed by atoms with Crippen LogP contribution in [0.5, 0.6) is 0 Å². The molecule has 1 N–H and O–H groups in total. The smallest absolute Gasteiger partial charge is 0.230 e. The molecule has 4 heteroatoms. The monoisotopic (exact) mass is 339 g/mol. The second-order valence-corrected chi connectivity index (χ2v) is 6.23. The van der Waals surface area contributed by atoms with Gasteiger partial charge in [-0.3, -0.25) is 4.79 Å². The van der Waals surface area contributed by atoms with Crippen LogP contribution in [0.3, 0.4) is 0 Å². The van der Waals surface area contributed by atoms with E-state index in [2.05, 4.69) is 40.3 Å². The number of amides is 1. The molecule has 0 atom stereocenters. The van der Waals surface area contributed by atoms with E-state index in [1.807, 2.05) is 12.1 Å². The van der Waals surface area contributed by atoms with Crippen LogP contribution in [0.15, 0.2) is 28.7 Å². The topological polar surface area (TPSA) is 38.3 Å². The molecule has 1 amide bonds. The zero-order chi connectivity index (χ0) is 14.4. The lowest BCUT2D eigenvalue weighted by molar-refractivity contribution is -0.130. The number of hydrogen-bond donors (Lipinski definition) is 1. The molecule has 0 aliphatic carbocycles. The van der Waals surface area contributed by atoms with Crippen molar-refractivity contribution in [1.29, 1.82) is 0 Å². The third kappa shape index (κ3) is 3.41. The number of hydrogen-bond acceptors (Lipinski definition) is 2. The second-order valence-electron chi connectivity index (χ2n) is 5.31. The zero-order valence-corrected chi connectivity index (χ0v) is 13.5. The van der Waals surface area contributed by atoms with Crippen molar-refractivity contribution >= 4 is 21.8 Å². The van der Waals surface area contributed by atoms with E-state index < -0.39 is 5.41 Å². The summed E-state index contributed by atoms with van der Waals surface area (Å²) in [6, 6.07) is 8.11. The summed E-state index contributed by atoms with van der Waals surface area (Å²) in [5.74, 6) is 0.150. The van der Waals surface area contributed by atoms with Gasteiger partial charge in [-0.05, 0) is 37.0 Å². The number of rotatable bonds is 5. The van der Waals surface area contributed by atoms with Gasteiger partial charge in [0.2, 0.25) is 5.91 Å². The summed E-state index contributed by atoms with van der Waals surface area (Å²) in [4.78, 5) is 12.7. The zero-order valence-electron chi connectivity index (χ0n) is 12.0. The Hall–Kier alpha value is -0.870. The largest absolute Gasteiger partial charge is 0.381 e. The highest BCUT2D eigenvalue weighted by Crippen LogP contribution is 2.35. The molecule has 1 fully saturated rings. The van der Waals surface area contributed by atoms with Crippen molar-refractivity contribution in [1.82, 2.24) is 5.32 Å². The second kappa shape index (κ2) is 7.23. The summed E-state index contributed by atoms with van der Waals surface area (Å²) in [6.07, 6.45) is 3.63. The molecular weight excluding hydrogens is 318 g/mol.